The zero-order valence-electron chi connectivity index (χ0n) is 11.1. The van der Waals surface area contributed by atoms with Crippen molar-refractivity contribution in [1.82, 2.24) is 4.90 Å². The van der Waals surface area contributed by atoms with Gasteiger partial charge in [0.2, 0.25) is 5.91 Å². The third kappa shape index (κ3) is 2.31. The van der Waals surface area contributed by atoms with E-state index in [-0.39, 0.29) is 18.9 Å². The molecule has 0 radical (unpaired) electrons. The van der Waals surface area contributed by atoms with Crippen molar-refractivity contribution in [3.05, 3.63) is 0 Å². The predicted molar refractivity (Wildman–Crippen MR) is 65.3 cm³/mol. The molecule has 0 spiro atoms. The molecule has 1 amide bonds. The van der Waals surface area contributed by atoms with Crippen LogP contribution in [0.1, 0.15) is 38.5 Å². The number of rotatable bonds is 3. The van der Waals surface area contributed by atoms with E-state index in [9.17, 15) is 19.5 Å². The molecule has 1 N–H and O–H groups in total. The first-order valence-corrected chi connectivity index (χ1v) is 6.63. The number of carbonyl (C=O) groups is 3. The Morgan fingerprint density at radius 1 is 1.32 bits per heavy atom. The second kappa shape index (κ2) is 5.19. The monoisotopic (exact) mass is 269 g/mol. The maximum Gasteiger partial charge on any atom is 0.329 e. The molecule has 1 heterocycles. The fraction of sp³-hybridized carbons (Fsp3) is 0.769. The summed E-state index contributed by atoms with van der Waals surface area (Å²) >= 11 is 0. The topological polar surface area (TPSA) is 83.9 Å². The standard InChI is InChI=1S/C13H19NO5/c1-19-11(16)9-7-10(15)14(8-9)13(12(17)18)5-3-2-4-6-13/h9H,2-8H2,1H3,(H,17,18). The fourth-order valence-electron chi connectivity index (χ4n) is 3.18. The second-order valence-corrected chi connectivity index (χ2v) is 5.33. The first-order chi connectivity index (χ1) is 9.01. The zero-order chi connectivity index (χ0) is 14.0. The van der Waals surface area contributed by atoms with Crippen molar-refractivity contribution in [3.63, 3.8) is 0 Å². The van der Waals surface area contributed by atoms with Gasteiger partial charge >= 0.3 is 11.9 Å². The molecule has 1 unspecified atom stereocenters. The van der Waals surface area contributed by atoms with Gasteiger partial charge < -0.3 is 14.7 Å². The second-order valence-electron chi connectivity index (χ2n) is 5.33. The number of nitrogens with zero attached hydrogens (tertiary/aromatic N) is 1. The summed E-state index contributed by atoms with van der Waals surface area (Å²) in [6, 6.07) is 0. The van der Waals surface area contributed by atoms with Crippen LogP contribution in [-0.4, -0.2) is 47.0 Å². The minimum atomic E-state index is -1.11. The van der Waals surface area contributed by atoms with E-state index in [2.05, 4.69) is 4.74 Å². The maximum atomic E-state index is 12.1. The van der Waals surface area contributed by atoms with Crippen molar-refractivity contribution in [1.29, 1.82) is 0 Å². The lowest BCUT2D eigenvalue weighted by molar-refractivity contribution is -0.160. The molecule has 2 aliphatic rings. The number of methoxy groups -OCH3 is 1. The summed E-state index contributed by atoms with van der Waals surface area (Å²) in [5, 5.41) is 9.54. The number of aliphatic carboxylic acids is 1. The maximum absolute atomic E-state index is 12.1. The van der Waals surface area contributed by atoms with E-state index in [1.807, 2.05) is 0 Å². The molecule has 0 aromatic carbocycles. The van der Waals surface area contributed by atoms with Crippen molar-refractivity contribution >= 4 is 17.8 Å². The Morgan fingerprint density at radius 2 is 1.95 bits per heavy atom. The lowest BCUT2D eigenvalue weighted by Gasteiger charge is -2.41. The third-order valence-electron chi connectivity index (χ3n) is 4.26. The van der Waals surface area contributed by atoms with Crippen molar-refractivity contribution in [2.75, 3.05) is 13.7 Å². The van der Waals surface area contributed by atoms with Crippen molar-refractivity contribution in [2.24, 2.45) is 5.92 Å². The lowest BCUT2D eigenvalue weighted by atomic mass is 9.80. The molecule has 2 rings (SSSR count). The summed E-state index contributed by atoms with van der Waals surface area (Å²) in [6.45, 7) is 0.164. The molecule has 1 aliphatic heterocycles. The molecule has 0 bridgehead atoms. The molecular weight excluding hydrogens is 250 g/mol. The summed E-state index contributed by atoms with van der Waals surface area (Å²) in [4.78, 5) is 36.6. The van der Waals surface area contributed by atoms with Crippen LogP contribution in [0.4, 0.5) is 0 Å². The molecule has 1 atom stereocenters. The van der Waals surface area contributed by atoms with E-state index >= 15 is 0 Å². The van der Waals surface area contributed by atoms with Gasteiger partial charge in [0, 0.05) is 13.0 Å². The predicted octanol–water partition coefficient (Wildman–Crippen LogP) is 0.795. The molecule has 1 saturated heterocycles. The van der Waals surface area contributed by atoms with Crippen LogP contribution in [0.15, 0.2) is 0 Å². The lowest BCUT2D eigenvalue weighted by Crippen LogP contribution is -2.56. The SMILES string of the molecule is COC(=O)C1CC(=O)N(C2(C(=O)O)CCCCC2)C1. The number of hydrogen-bond acceptors (Lipinski definition) is 4. The van der Waals surface area contributed by atoms with E-state index in [1.54, 1.807) is 0 Å². The minimum Gasteiger partial charge on any atom is -0.479 e. The van der Waals surface area contributed by atoms with Crippen LogP contribution < -0.4 is 0 Å². The first-order valence-electron chi connectivity index (χ1n) is 6.63. The molecule has 1 saturated carbocycles. The van der Waals surface area contributed by atoms with Gasteiger partial charge in [-0.3, -0.25) is 9.59 Å². The van der Waals surface area contributed by atoms with Gasteiger partial charge in [0.15, 0.2) is 0 Å². The van der Waals surface area contributed by atoms with Crippen LogP contribution >= 0.6 is 0 Å². The van der Waals surface area contributed by atoms with Crippen molar-refractivity contribution < 1.29 is 24.2 Å². The van der Waals surface area contributed by atoms with Crippen LogP contribution in [0.5, 0.6) is 0 Å². The van der Waals surface area contributed by atoms with Crippen LogP contribution in [0, 0.1) is 5.92 Å². The zero-order valence-corrected chi connectivity index (χ0v) is 11.1. The summed E-state index contributed by atoms with van der Waals surface area (Å²) in [5.74, 6) is -2.17. The summed E-state index contributed by atoms with van der Waals surface area (Å²) in [5.41, 5.74) is -1.11. The van der Waals surface area contributed by atoms with E-state index in [0.29, 0.717) is 12.8 Å². The average molecular weight is 269 g/mol. The van der Waals surface area contributed by atoms with Gasteiger partial charge in [0.1, 0.15) is 5.54 Å². The summed E-state index contributed by atoms with van der Waals surface area (Å²) in [7, 11) is 1.28. The number of amides is 1. The number of ether oxygens (including phenoxy) is 1. The van der Waals surface area contributed by atoms with E-state index in [4.69, 9.17) is 0 Å². The van der Waals surface area contributed by atoms with Gasteiger partial charge in [-0.15, -0.1) is 0 Å². The Labute approximate surface area is 111 Å². The Morgan fingerprint density at radius 3 is 2.47 bits per heavy atom. The van der Waals surface area contributed by atoms with Gasteiger partial charge in [0.25, 0.3) is 0 Å². The number of carboxylic acid groups (broad SMARTS) is 1. The van der Waals surface area contributed by atoms with Gasteiger partial charge in [-0.2, -0.15) is 0 Å². The molecule has 2 fully saturated rings. The average Bonchev–Trinajstić information content (AvgIpc) is 2.81. The van der Waals surface area contributed by atoms with Gasteiger partial charge in [-0.25, -0.2) is 4.79 Å². The highest BCUT2D eigenvalue weighted by Gasteiger charge is 2.51. The van der Waals surface area contributed by atoms with E-state index < -0.39 is 23.4 Å². The highest BCUT2D eigenvalue weighted by molar-refractivity contribution is 5.92. The molecule has 6 heteroatoms. The largest absolute Gasteiger partial charge is 0.479 e. The molecule has 6 nitrogen and oxygen atoms in total. The van der Waals surface area contributed by atoms with Gasteiger partial charge in [-0.05, 0) is 12.8 Å². The fourth-order valence-corrected chi connectivity index (χ4v) is 3.18. The van der Waals surface area contributed by atoms with Crippen molar-refractivity contribution in [3.8, 4) is 0 Å². The van der Waals surface area contributed by atoms with E-state index in [0.717, 1.165) is 19.3 Å². The third-order valence-corrected chi connectivity index (χ3v) is 4.26. The Balaban J connectivity index is 2.21. The summed E-state index contributed by atoms with van der Waals surface area (Å²) < 4.78 is 4.65. The van der Waals surface area contributed by atoms with E-state index in [1.165, 1.54) is 12.0 Å². The molecule has 19 heavy (non-hydrogen) atoms. The molecular formula is C13H19NO5. The molecule has 1 aliphatic carbocycles. The van der Waals surface area contributed by atoms with Crippen LogP contribution in [0.3, 0.4) is 0 Å². The van der Waals surface area contributed by atoms with Crippen molar-refractivity contribution in [2.45, 2.75) is 44.1 Å². The Hall–Kier alpha value is -1.59. The number of likely N-dealkylation sites (tertiary alicyclic amines) is 1. The minimum absolute atomic E-state index is 0.0572. The molecule has 0 aromatic rings. The highest BCUT2D eigenvalue weighted by atomic mass is 16.5. The smallest absolute Gasteiger partial charge is 0.329 e. The van der Waals surface area contributed by atoms with Crippen LogP contribution in [-0.2, 0) is 19.1 Å². The van der Waals surface area contributed by atoms with Gasteiger partial charge in [0.05, 0.1) is 13.0 Å². The molecule has 106 valence electrons. The quantitative estimate of drug-likeness (QED) is 0.766. The number of esters is 1. The number of carbonyl (C=O) groups excluding carboxylic acids is 2. The normalized spacial score (nSPS) is 26.3. The van der Waals surface area contributed by atoms with Gasteiger partial charge in [-0.1, -0.05) is 19.3 Å². The number of carboxylic acids is 1. The van der Waals surface area contributed by atoms with Crippen LogP contribution in [0.2, 0.25) is 0 Å². The summed E-state index contributed by atoms with van der Waals surface area (Å²) in [6.07, 6.45) is 3.61. The van der Waals surface area contributed by atoms with Crippen LogP contribution in [0.25, 0.3) is 0 Å². The first kappa shape index (κ1) is 13.8. The highest BCUT2D eigenvalue weighted by Crippen LogP contribution is 2.38. The Bertz CT molecular complexity index is 400. The number of hydrogen-bond donors (Lipinski definition) is 1. The molecule has 0 aromatic heterocycles. The Kier molecular flexibility index (Phi) is 3.78.